The van der Waals surface area contributed by atoms with Crippen LogP contribution in [0.25, 0.3) is 0 Å². The molecule has 0 unspecified atom stereocenters. The van der Waals surface area contributed by atoms with E-state index in [1.54, 1.807) is 30.5 Å². The van der Waals surface area contributed by atoms with Crippen LogP contribution in [-0.4, -0.2) is 12.1 Å². The first-order chi connectivity index (χ1) is 12.7. The number of hydrogen-bond acceptors (Lipinski definition) is 3. The summed E-state index contributed by atoms with van der Waals surface area (Å²) in [5.41, 5.74) is 4.95. The van der Waals surface area contributed by atoms with Crippen LogP contribution in [0.2, 0.25) is 5.02 Å². The molecule has 3 aromatic rings. The molecule has 26 heavy (non-hydrogen) atoms. The highest BCUT2D eigenvalue weighted by Gasteiger charge is 2.04. The third kappa shape index (κ3) is 5.19. The quantitative estimate of drug-likeness (QED) is 0.510. The van der Waals surface area contributed by atoms with Gasteiger partial charge < -0.3 is 4.74 Å². The molecule has 0 saturated heterocycles. The van der Waals surface area contributed by atoms with E-state index in [0.717, 1.165) is 11.1 Å². The van der Waals surface area contributed by atoms with Crippen LogP contribution in [0.3, 0.4) is 0 Å². The molecule has 0 bridgehead atoms. The lowest BCUT2D eigenvalue weighted by molar-refractivity contribution is 0.0955. The van der Waals surface area contributed by atoms with Crippen molar-refractivity contribution in [2.45, 2.75) is 6.61 Å². The van der Waals surface area contributed by atoms with Gasteiger partial charge in [0.05, 0.1) is 6.21 Å². The zero-order valence-corrected chi connectivity index (χ0v) is 14.7. The van der Waals surface area contributed by atoms with Crippen LogP contribution in [0.15, 0.2) is 84.0 Å². The molecule has 1 amide bonds. The van der Waals surface area contributed by atoms with Gasteiger partial charge in [0.25, 0.3) is 5.91 Å². The number of hydrazone groups is 1. The number of ether oxygens (including phenoxy) is 1. The molecule has 0 spiro atoms. The van der Waals surface area contributed by atoms with Gasteiger partial charge in [-0.3, -0.25) is 4.79 Å². The topological polar surface area (TPSA) is 50.7 Å². The number of carbonyl (C=O) groups is 1. The number of nitrogens with zero attached hydrogens (tertiary/aromatic N) is 1. The molecule has 0 aromatic heterocycles. The van der Waals surface area contributed by atoms with Crippen molar-refractivity contribution in [1.82, 2.24) is 5.43 Å². The Bertz CT molecular complexity index is 876. The summed E-state index contributed by atoms with van der Waals surface area (Å²) in [6.45, 7) is 0.435. The molecule has 0 heterocycles. The van der Waals surface area contributed by atoms with Crippen molar-refractivity contribution in [3.05, 3.63) is 101 Å². The van der Waals surface area contributed by atoms with Crippen LogP contribution in [-0.2, 0) is 6.61 Å². The maximum Gasteiger partial charge on any atom is 0.271 e. The second kappa shape index (κ2) is 8.83. The van der Waals surface area contributed by atoms with E-state index in [-0.39, 0.29) is 5.91 Å². The van der Waals surface area contributed by atoms with Crippen LogP contribution in [0.1, 0.15) is 21.5 Å². The van der Waals surface area contributed by atoms with E-state index < -0.39 is 0 Å². The molecule has 3 rings (SSSR count). The highest BCUT2D eigenvalue weighted by Crippen LogP contribution is 2.15. The van der Waals surface area contributed by atoms with E-state index in [2.05, 4.69) is 10.5 Å². The Morgan fingerprint density at radius 1 is 0.962 bits per heavy atom. The average molecular weight is 365 g/mol. The van der Waals surface area contributed by atoms with E-state index in [0.29, 0.717) is 22.9 Å². The number of carbonyl (C=O) groups excluding carboxylic acids is 1. The molecule has 0 aliphatic rings. The Kier molecular flexibility index (Phi) is 6.01. The zero-order chi connectivity index (χ0) is 18.2. The first-order valence-electron chi connectivity index (χ1n) is 8.06. The van der Waals surface area contributed by atoms with Crippen molar-refractivity contribution in [1.29, 1.82) is 0 Å². The number of rotatable bonds is 6. The lowest BCUT2D eigenvalue weighted by Crippen LogP contribution is -2.17. The fourth-order valence-corrected chi connectivity index (χ4v) is 2.34. The molecule has 0 saturated carbocycles. The molecule has 0 fully saturated rings. The molecule has 0 atom stereocenters. The standard InChI is InChI=1S/C21H17ClN2O2/c22-19-10-6-17(7-11-19)15-26-20-12-8-18(9-13-20)21(25)24-23-14-16-4-2-1-3-5-16/h1-14H,15H2,(H,24,25)/b23-14-. The summed E-state index contributed by atoms with van der Waals surface area (Å²) in [7, 11) is 0. The molecular formula is C21H17ClN2O2. The molecule has 130 valence electrons. The maximum absolute atomic E-state index is 12.1. The third-order valence-electron chi connectivity index (χ3n) is 3.61. The van der Waals surface area contributed by atoms with Gasteiger partial charge in [-0.15, -0.1) is 0 Å². The molecule has 0 radical (unpaired) electrons. The summed E-state index contributed by atoms with van der Waals surface area (Å²) in [6, 6.07) is 23.9. The van der Waals surface area contributed by atoms with Crippen LogP contribution in [0.4, 0.5) is 0 Å². The second-order valence-corrected chi connectivity index (χ2v) is 5.99. The van der Waals surface area contributed by atoms with Crippen molar-refractivity contribution >= 4 is 23.7 Å². The highest BCUT2D eigenvalue weighted by molar-refractivity contribution is 6.30. The van der Waals surface area contributed by atoms with Gasteiger partial charge in [0, 0.05) is 10.6 Å². The monoisotopic (exact) mass is 364 g/mol. The molecule has 4 nitrogen and oxygen atoms in total. The minimum absolute atomic E-state index is 0.276. The minimum Gasteiger partial charge on any atom is -0.489 e. The van der Waals surface area contributed by atoms with Gasteiger partial charge in [-0.05, 0) is 47.5 Å². The fourth-order valence-electron chi connectivity index (χ4n) is 2.22. The van der Waals surface area contributed by atoms with Crippen molar-refractivity contribution < 1.29 is 9.53 Å². The Labute approximate surface area is 157 Å². The maximum atomic E-state index is 12.1. The van der Waals surface area contributed by atoms with Crippen molar-refractivity contribution in [2.24, 2.45) is 5.10 Å². The van der Waals surface area contributed by atoms with Crippen molar-refractivity contribution in [3.8, 4) is 5.75 Å². The zero-order valence-electron chi connectivity index (χ0n) is 13.9. The number of amides is 1. The lowest BCUT2D eigenvalue weighted by Gasteiger charge is -2.07. The Morgan fingerprint density at radius 2 is 1.65 bits per heavy atom. The number of halogens is 1. The normalized spacial score (nSPS) is 10.7. The summed E-state index contributed by atoms with van der Waals surface area (Å²) in [4.78, 5) is 12.1. The fraction of sp³-hybridized carbons (Fsp3) is 0.0476. The van der Waals surface area contributed by atoms with Gasteiger partial charge in [-0.1, -0.05) is 54.1 Å². The Hall–Kier alpha value is -3.11. The van der Waals surface area contributed by atoms with Gasteiger partial charge in [0.15, 0.2) is 0 Å². The molecule has 0 aliphatic carbocycles. The van der Waals surface area contributed by atoms with E-state index in [9.17, 15) is 4.79 Å². The van der Waals surface area contributed by atoms with Gasteiger partial charge in [0.2, 0.25) is 0 Å². The van der Waals surface area contributed by atoms with Crippen LogP contribution >= 0.6 is 11.6 Å². The van der Waals surface area contributed by atoms with Crippen LogP contribution in [0, 0.1) is 0 Å². The number of benzene rings is 3. The Morgan fingerprint density at radius 3 is 2.35 bits per heavy atom. The second-order valence-electron chi connectivity index (χ2n) is 5.55. The summed E-state index contributed by atoms with van der Waals surface area (Å²) >= 11 is 5.86. The third-order valence-corrected chi connectivity index (χ3v) is 3.87. The largest absolute Gasteiger partial charge is 0.489 e. The van der Waals surface area contributed by atoms with Crippen LogP contribution < -0.4 is 10.2 Å². The van der Waals surface area contributed by atoms with E-state index in [1.807, 2.05) is 54.6 Å². The summed E-state index contributed by atoms with van der Waals surface area (Å²) in [6.07, 6.45) is 1.60. The molecule has 5 heteroatoms. The summed E-state index contributed by atoms with van der Waals surface area (Å²) < 4.78 is 5.70. The van der Waals surface area contributed by atoms with Gasteiger partial charge in [0.1, 0.15) is 12.4 Å². The SMILES string of the molecule is O=C(N/N=C\c1ccccc1)c1ccc(OCc2ccc(Cl)cc2)cc1. The predicted octanol–water partition coefficient (Wildman–Crippen LogP) is 4.68. The minimum atomic E-state index is -0.276. The van der Waals surface area contributed by atoms with Crippen molar-refractivity contribution in [3.63, 3.8) is 0 Å². The highest BCUT2D eigenvalue weighted by atomic mass is 35.5. The van der Waals surface area contributed by atoms with E-state index >= 15 is 0 Å². The molecule has 3 aromatic carbocycles. The van der Waals surface area contributed by atoms with E-state index in [4.69, 9.17) is 16.3 Å². The summed E-state index contributed by atoms with van der Waals surface area (Å²) in [5.74, 6) is 0.408. The molecule has 0 aliphatic heterocycles. The predicted molar refractivity (Wildman–Crippen MR) is 104 cm³/mol. The summed E-state index contributed by atoms with van der Waals surface area (Å²) in [5, 5.41) is 4.65. The van der Waals surface area contributed by atoms with Gasteiger partial charge in [-0.2, -0.15) is 5.10 Å². The average Bonchev–Trinajstić information content (AvgIpc) is 2.69. The van der Waals surface area contributed by atoms with Gasteiger partial charge >= 0.3 is 0 Å². The van der Waals surface area contributed by atoms with Crippen molar-refractivity contribution in [2.75, 3.05) is 0 Å². The van der Waals surface area contributed by atoms with Gasteiger partial charge in [-0.25, -0.2) is 5.43 Å². The van der Waals surface area contributed by atoms with E-state index in [1.165, 1.54) is 0 Å². The number of nitrogens with one attached hydrogen (secondary N) is 1. The number of hydrogen-bond donors (Lipinski definition) is 1. The molecule has 1 N–H and O–H groups in total. The first-order valence-corrected chi connectivity index (χ1v) is 8.44. The lowest BCUT2D eigenvalue weighted by atomic mass is 10.2. The van der Waals surface area contributed by atoms with Crippen LogP contribution in [0.5, 0.6) is 5.75 Å². The Balaban J connectivity index is 1.52. The first kappa shape index (κ1) is 17.7. The smallest absolute Gasteiger partial charge is 0.271 e. The molecular weight excluding hydrogens is 348 g/mol.